The van der Waals surface area contributed by atoms with Crippen molar-refractivity contribution >= 4 is 23.4 Å². The number of halogens is 4. The molecule has 1 aromatic carbocycles. The third kappa shape index (κ3) is 3.66. The summed E-state index contributed by atoms with van der Waals surface area (Å²) in [5.41, 5.74) is -0.820. The van der Waals surface area contributed by atoms with Crippen LogP contribution < -0.4 is 5.32 Å². The molecule has 0 unspecified atom stereocenters. The Morgan fingerprint density at radius 1 is 1.21 bits per heavy atom. The van der Waals surface area contributed by atoms with E-state index < -0.39 is 34.9 Å². The van der Waals surface area contributed by atoms with E-state index >= 15 is 0 Å². The molecular weight excluding hydrogens is 346 g/mol. The summed E-state index contributed by atoms with van der Waals surface area (Å²) in [5, 5.41) is 2.29. The number of carbonyl (C=O) groups excluding carboxylic acids is 1. The maximum Gasteiger partial charge on any atom is 0.259 e. The smallest absolute Gasteiger partial charge is 0.259 e. The van der Waals surface area contributed by atoms with Gasteiger partial charge in [0.2, 0.25) is 0 Å². The summed E-state index contributed by atoms with van der Waals surface area (Å²) in [4.78, 5) is 20.4. The third-order valence-corrected chi connectivity index (χ3v) is 3.67. The maximum absolute atomic E-state index is 13.7. The first-order chi connectivity index (χ1) is 11.4. The lowest BCUT2D eigenvalue weighted by Gasteiger charge is -2.11. The van der Waals surface area contributed by atoms with Gasteiger partial charge in [-0.25, -0.2) is 27.5 Å². The van der Waals surface area contributed by atoms with E-state index in [1.807, 2.05) is 12.2 Å². The molecule has 24 heavy (non-hydrogen) atoms. The lowest BCUT2D eigenvalue weighted by Crippen LogP contribution is -2.19. The molecule has 0 spiro atoms. The molecule has 0 fully saturated rings. The molecule has 0 aliphatic carbocycles. The standard InChI is InChI=1S/C15H13F4N3OS/c1-3-4-10-7(6-20-15(21-10)24-2)14(23)22-13-11(18)8(16)5-9(17)12(13)19/h5-6H,3-4H2,1-2H3,(H,22,23). The lowest BCUT2D eigenvalue weighted by molar-refractivity contribution is 0.102. The number of thioether (sulfide) groups is 1. The quantitative estimate of drug-likeness (QED) is 0.380. The fourth-order valence-electron chi connectivity index (χ4n) is 1.98. The molecule has 0 aliphatic rings. The van der Waals surface area contributed by atoms with E-state index in [9.17, 15) is 22.4 Å². The number of benzene rings is 1. The summed E-state index contributed by atoms with van der Waals surface area (Å²) in [6.07, 6.45) is 4.07. The van der Waals surface area contributed by atoms with Crippen LogP contribution in [-0.2, 0) is 6.42 Å². The van der Waals surface area contributed by atoms with Crippen LogP contribution in [0.4, 0.5) is 23.2 Å². The van der Waals surface area contributed by atoms with E-state index in [1.165, 1.54) is 18.0 Å². The monoisotopic (exact) mass is 359 g/mol. The Bertz CT molecular complexity index is 760. The second-order valence-corrected chi connectivity index (χ2v) is 5.54. The molecule has 0 radical (unpaired) electrons. The highest BCUT2D eigenvalue weighted by Gasteiger charge is 2.23. The van der Waals surface area contributed by atoms with Gasteiger partial charge in [-0.15, -0.1) is 0 Å². The van der Waals surface area contributed by atoms with Crippen LogP contribution in [0.15, 0.2) is 17.4 Å². The van der Waals surface area contributed by atoms with E-state index in [4.69, 9.17) is 0 Å². The van der Waals surface area contributed by atoms with Gasteiger partial charge in [0.1, 0.15) is 5.69 Å². The van der Waals surface area contributed by atoms with Crippen LogP contribution >= 0.6 is 11.8 Å². The molecule has 1 heterocycles. The van der Waals surface area contributed by atoms with Crippen LogP contribution in [0.1, 0.15) is 29.4 Å². The minimum atomic E-state index is -1.68. The number of rotatable bonds is 5. The maximum atomic E-state index is 13.7. The first-order valence-electron chi connectivity index (χ1n) is 6.93. The Morgan fingerprint density at radius 2 is 1.83 bits per heavy atom. The Balaban J connectivity index is 2.41. The summed E-state index contributed by atoms with van der Waals surface area (Å²) in [6, 6.07) is 0.0687. The predicted molar refractivity (Wildman–Crippen MR) is 82.0 cm³/mol. The van der Waals surface area contributed by atoms with Gasteiger partial charge in [0, 0.05) is 12.3 Å². The minimum Gasteiger partial charge on any atom is -0.317 e. The van der Waals surface area contributed by atoms with Crippen molar-refractivity contribution < 1.29 is 22.4 Å². The number of amides is 1. The van der Waals surface area contributed by atoms with Gasteiger partial charge in [-0.05, 0) is 12.7 Å². The Morgan fingerprint density at radius 3 is 2.38 bits per heavy atom. The van der Waals surface area contributed by atoms with Crippen LogP contribution in [0, 0.1) is 23.3 Å². The fraction of sp³-hybridized carbons (Fsp3) is 0.267. The number of hydrogen-bond donors (Lipinski definition) is 1. The van der Waals surface area contributed by atoms with Crippen molar-refractivity contribution in [1.29, 1.82) is 0 Å². The molecule has 0 bridgehead atoms. The highest BCUT2D eigenvalue weighted by atomic mass is 32.2. The fourth-order valence-corrected chi connectivity index (χ4v) is 2.34. The number of anilines is 1. The first-order valence-corrected chi connectivity index (χ1v) is 8.15. The van der Waals surface area contributed by atoms with Crippen molar-refractivity contribution in [2.24, 2.45) is 0 Å². The van der Waals surface area contributed by atoms with Crippen molar-refractivity contribution in [2.75, 3.05) is 11.6 Å². The predicted octanol–water partition coefficient (Wildman–Crippen LogP) is 3.96. The average Bonchev–Trinajstić information content (AvgIpc) is 2.57. The molecular formula is C15H13F4N3OS. The number of nitrogens with one attached hydrogen (secondary N) is 1. The van der Waals surface area contributed by atoms with E-state index in [-0.39, 0.29) is 11.6 Å². The minimum absolute atomic E-state index is 0.0156. The van der Waals surface area contributed by atoms with Crippen molar-refractivity contribution in [1.82, 2.24) is 9.97 Å². The van der Waals surface area contributed by atoms with Gasteiger partial charge in [-0.3, -0.25) is 4.79 Å². The molecule has 9 heteroatoms. The lowest BCUT2D eigenvalue weighted by atomic mass is 10.1. The summed E-state index contributed by atoms with van der Waals surface area (Å²) in [5.74, 6) is -7.52. The van der Waals surface area contributed by atoms with Crippen molar-refractivity contribution in [3.8, 4) is 0 Å². The zero-order valence-corrected chi connectivity index (χ0v) is 13.6. The van der Waals surface area contributed by atoms with Gasteiger partial charge in [-0.2, -0.15) is 0 Å². The molecule has 2 rings (SSSR count). The zero-order valence-electron chi connectivity index (χ0n) is 12.8. The topological polar surface area (TPSA) is 54.9 Å². The molecule has 0 saturated carbocycles. The molecule has 0 aliphatic heterocycles. The molecule has 0 saturated heterocycles. The van der Waals surface area contributed by atoms with E-state index in [0.717, 1.165) is 0 Å². The van der Waals surface area contributed by atoms with E-state index in [1.54, 1.807) is 6.26 Å². The molecule has 128 valence electrons. The number of aryl methyl sites for hydroxylation is 1. The number of carbonyl (C=O) groups is 1. The van der Waals surface area contributed by atoms with Gasteiger partial charge in [0.25, 0.3) is 5.91 Å². The average molecular weight is 359 g/mol. The molecule has 1 aromatic heterocycles. The van der Waals surface area contributed by atoms with Gasteiger partial charge >= 0.3 is 0 Å². The second kappa shape index (κ2) is 7.61. The first kappa shape index (κ1) is 18.2. The van der Waals surface area contributed by atoms with Gasteiger partial charge in [0.15, 0.2) is 28.4 Å². The van der Waals surface area contributed by atoms with E-state index in [2.05, 4.69) is 9.97 Å². The third-order valence-electron chi connectivity index (χ3n) is 3.11. The van der Waals surface area contributed by atoms with Crippen molar-refractivity contribution in [2.45, 2.75) is 24.9 Å². The summed E-state index contributed by atoms with van der Waals surface area (Å²) in [6.45, 7) is 1.86. The molecule has 1 N–H and O–H groups in total. The van der Waals surface area contributed by atoms with E-state index in [0.29, 0.717) is 23.7 Å². The highest BCUT2D eigenvalue weighted by Crippen LogP contribution is 2.25. The van der Waals surface area contributed by atoms with Gasteiger partial charge in [0.05, 0.1) is 11.3 Å². The van der Waals surface area contributed by atoms with Crippen LogP contribution in [0.5, 0.6) is 0 Å². The number of aromatic nitrogens is 2. The molecule has 4 nitrogen and oxygen atoms in total. The summed E-state index contributed by atoms with van der Waals surface area (Å²) in [7, 11) is 0. The molecule has 2 aromatic rings. The normalized spacial score (nSPS) is 10.8. The van der Waals surface area contributed by atoms with Crippen LogP contribution in [0.3, 0.4) is 0 Å². The Labute approximate surface area is 139 Å². The Kier molecular flexibility index (Phi) is 5.76. The molecule has 0 atom stereocenters. The van der Waals surface area contributed by atoms with Crippen LogP contribution in [0.2, 0.25) is 0 Å². The van der Waals surface area contributed by atoms with Crippen molar-refractivity contribution in [3.63, 3.8) is 0 Å². The number of nitrogens with zero attached hydrogens (tertiary/aromatic N) is 2. The highest BCUT2D eigenvalue weighted by molar-refractivity contribution is 7.98. The number of hydrogen-bond acceptors (Lipinski definition) is 4. The summed E-state index contributed by atoms with van der Waals surface area (Å²) < 4.78 is 53.7. The largest absolute Gasteiger partial charge is 0.317 e. The molecule has 1 amide bonds. The summed E-state index contributed by atoms with van der Waals surface area (Å²) >= 11 is 1.27. The van der Waals surface area contributed by atoms with Gasteiger partial charge in [-0.1, -0.05) is 25.1 Å². The zero-order chi connectivity index (χ0) is 17.9. The second-order valence-electron chi connectivity index (χ2n) is 4.76. The SMILES string of the molecule is CCCc1nc(SC)ncc1C(=O)Nc1c(F)c(F)cc(F)c1F. The van der Waals surface area contributed by atoms with Crippen LogP contribution in [0.25, 0.3) is 0 Å². The van der Waals surface area contributed by atoms with Gasteiger partial charge < -0.3 is 5.32 Å². The van der Waals surface area contributed by atoms with Crippen molar-refractivity contribution in [3.05, 3.63) is 46.8 Å². The van der Waals surface area contributed by atoms with Crippen LogP contribution in [-0.4, -0.2) is 22.1 Å². The Hall–Kier alpha value is -2.16.